The monoisotopic (exact) mass is 457 g/mol. The van der Waals surface area contributed by atoms with Gasteiger partial charge >= 0.3 is 0 Å². The second kappa shape index (κ2) is 9.61. The lowest BCUT2D eigenvalue weighted by atomic mass is 10.1. The minimum absolute atomic E-state index is 0.0509. The van der Waals surface area contributed by atoms with E-state index in [0.29, 0.717) is 24.1 Å². The minimum atomic E-state index is -0.0509. The Bertz CT molecular complexity index is 1310. The van der Waals surface area contributed by atoms with Gasteiger partial charge in [0, 0.05) is 35.9 Å². The molecule has 178 valence electrons. The molecule has 6 nitrogen and oxygen atoms in total. The van der Waals surface area contributed by atoms with E-state index in [9.17, 15) is 4.79 Å². The molecule has 1 saturated carbocycles. The molecule has 3 aromatic heterocycles. The first kappa shape index (κ1) is 22.6. The fourth-order valence-corrected chi connectivity index (χ4v) is 5.26. The van der Waals surface area contributed by atoms with Crippen LogP contribution in [0, 0.1) is 12.8 Å². The van der Waals surface area contributed by atoms with Gasteiger partial charge in [0.2, 0.25) is 0 Å². The Labute approximate surface area is 201 Å². The lowest BCUT2D eigenvalue weighted by Gasteiger charge is -2.12. The molecule has 0 aliphatic heterocycles. The maximum atomic E-state index is 13.2. The Balaban J connectivity index is 1.32. The number of carbonyl (C=O) groups is 1. The summed E-state index contributed by atoms with van der Waals surface area (Å²) < 4.78 is 4.40. The molecule has 4 aromatic rings. The predicted octanol–water partition coefficient (Wildman–Crippen LogP) is 5.83. The van der Waals surface area contributed by atoms with Gasteiger partial charge < -0.3 is 9.88 Å². The Hall–Kier alpha value is -3.15. The highest BCUT2D eigenvalue weighted by atomic mass is 16.1. The number of hydrogen-bond donors (Lipinski definition) is 1. The number of nitrogens with one attached hydrogen (secondary N) is 1. The molecule has 0 saturated heterocycles. The molecule has 0 atom stereocenters. The normalized spacial score (nSPS) is 14.6. The van der Waals surface area contributed by atoms with Crippen LogP contribution in [-0.4, -0.2) is 31.8 Å². The van der Waals surface area contributed by atoms with E-state index in [0.717, 1.165) is 49.0 Å². The first-order valence-corrected chi connectivity index (χ1v) is 12.7. The van der Waals surface area contributed by atoms with Crippen LogP contribution in [0.3, 0.4) is 0 Å². The fourth-order valence-electron chi connectivity index (χ4n) is 5.26. The maximum absolute atomic E-state index is 13.2. The third-order valence-electron chi connectivity index (χ3n) is 7.11. The third-order valence-corrected chi connectivity index (χ3v) is 7.11. The van der Waals surface area contributed by atoms with Crippen molar-refractivity contribution >= 4 is 27.8 Å². The third kappa shape index (κ3) is 4.46. The van der Waals surface area contributed by atoms with Crippen molar-refractivity contribution in [1.82, 2.24) is 24.6 Å². The van der Waals surface area contributed by atoms with Crippen molar-refractivity contribution in [2.24, 2.45) is 5.92 Å². The molecule has 1 aliphatic carbocycles. The number of aromatic nitrogens is 4. The number of carbonyl (C=O) groups excluding carboxylic acids is 1. The van der Waals surface area contributed by atoms with E-state index < -0.39 is 0 Å². The largest absolute Gasteiger partial charge is 0.352 e. The molecule has 0 spiro atoms. The lowest BCUT2D eigenvalue weighted by Crippen LogP contribution is -2.26. The van der Waals surface area contributed by atoms with Gasteiger partial charge in [0.15, 0.2) is 5.65 Å². The van der Waals surface area contributed by atoms with Crippen LogP contribution < -0.4 is 5.32 Å². The molecule has 0 radical (unpaired) electrons. The van der Waals surface area contributed by atoms with Gasteiger partial charge in [0.05, 0.1) is 23.2 Å². The highest BCUT2D eigenvalue weighted by Gasteiger charge is 2.22. The maximum Gasteiger partial charge on any atom is 0.252 e. The van der Waals surface area contributed by atoms with Gasteiger partial charge in [-0.2, -0.15) is 5.10 Å². The van der Waals surface area contributed by atoms with Crippen LogP contribution in [0.2, 0.25) is 0 Å². The van der Waals surface area contributed by atoms with Crippen LogP contribution in [0.15, 0.2) is 42.7 Å². The summed E-state index contributed by atoms with van der Waals surface area (Å²) in [7, 11) is 0. The Morgan fingerprint density at radius 2 is 1.97 bits per heavy atom. The molecule has 3 heterocycles. The zero-order valence-corrected chi connectivity index (χ0v) is 20.6. The molecular weight excluding hydrogens is 422 g/mol. The summed E-state index contributed by atoms with van der Waals surface area (Å²) in [6.07, 6.45) is 10.8. The SMILES string of the molecule is Cc1cc(C(=O)NCCc2cn(CCC(C)C)c3ccccc23)c2cnn(C3CCCC3)c2n1. The van der Waals surface area contributed by atoms with E-state index in [-0.39, 0.29) is 5.91 Å². The number of nitrogens with zero attached hydrogens (tertiary/aromatic N) is 4. The number of rotatable bonds is 8. The number of hydrogen-bond acceptors (Lipinski definition) is 3. The fraction of sp³-hybridized carbons (Fsp3) is 0.464. The summed E-state index contributed by atoms with van der Waals surface area (Å²) in [5.74, 6) is 0.618. The summed E-state index contributed by atoms with van der Waals surface area (Å²) in [6, 6.07) is 10.9. The number of benzene rings is 1. The summed E-state index contributed by atoms with van der Waals surface area (Å²) in [5, 5.41) is 9.91. The van der Waals surface area contributed by atoms with E-state index in [2.05, 4.69) is 59.3 Å². The highest BCUT2D eigenvalue weighted by molar-refractivity contribution is 6.05. The van der Waals surface area contributed by atoms with Crippen molar-refractivity contribution in [3.8, 4) is 0 Å². The van der Waals surface area contributed by atoms with Gasteiger partial charge in [-0.1, -0.05) is 44.9 Å². The van der Waals surface area contributed by atoms with Crippen LogP contribution in [0.1, 0.15) is 73.6 Å². The lowest BCUT2D eigenvalue weighted by molar-refractivity contribution is 0.0955. The van der Waals surface area contributed by atoms with Gasteiger partial charge in [-0.3, -0.25) is 4.79 Å². The summed E-state index contributed by atoms with van der Waals surface area (Å²) in [5.41, 5.74) is 4.92. The number of pyridine rings is 1. The van der Waals surface area contributed by atoms with E-state index in [4.69, 9.17) is 4.98 Å². The molecule has 6 heteroatoms. The van der Waals surface area contributed by atoms with Gasteiger partial charge in [-0.15, -0.1) is 0 Å². The van der Waals surface area contributed by atoms with E-state index >= 15 is 0 Å². The van der Waals surface area contributed by atoms with Crippen molar-refractivity contribution in [3.63, 3.8) is 0 Å². The number of aryl methyl sites for hydroxylation is 2. The van der Waals surface area contributed by atoms with Crippen LogP contribution in [0.25, 0.3) is 21.9 Å². The number of fused-ring (bicyclic) bond motifs is 2. The molecule has 1 amide bonds. The predicted molar refractivity (Wildman–Crippen MR) is 137 cm³/mol. The topological polar surface area (TPSA) is 64.7 Å². The van der Waals surface area contributed by atoms with Gasteiger partial charge in [-0.05, 0) is 56.2 Å². The van der Waals surface area contributed by atoms with E-state index in [1.807, 2.05) is 23.9 Å². The Morgan fingerprint density at radius 1 is 1.18 bits per heavy atom. The summed E-state index contributed by atoms with van der Waals surface area (Å²) >= 11 is 0. The first-order valence-electron chi connectivity index (χ1n) is 12.7. The molecule has 1 fully saturated rings. The zero-order chi connectivity index (χ0) is 23.7. The average Bonchev–Trinajstić information content (AvgIpc) is 3.56. The molecule has 1 aromatic carbocycles. The molecular formula is C28H35N5O. The van der Waals surface area contributed by atoms with Gasteiger partial charge in [0.25, 0.3) is 5.91 Å². The molecule has 1 aliphatic rings. The highest BCUT2D eigenvalue weighted by Crippen LogP contribution is 2.32. The second-order valence-corrected chi connectivity index (χ2v) is 10.1. The van der Waals surface area contributed by atoms with Crippen molar-refractivity contribution < 1.29 is 4.79 Å². The molecule has 34 heavy (non-hydrogen) atoms. The standard InChI is InChI=1S/C28H35N5O/c1-19(2)13-15-32-18-21(23-10-6-7-11-26(23)32)12-14-29-28(34)24-16-20(3)31-27-25(24)17-30-33(27)22-8-4-5-9-22/h6-7,10-11,16-19,22H,4-5,8-9,12-15H2,1-3H3,(H,29,34). The molecule has 5 rings (SSSR count). The average molecular weight is 458 g/mol. The second-order valence-electron chi connectivity index (χ2n) is 10.1. The van der Waals surface area contributed by atoms with E-state index in [1.165, 1.54) is 29.3 Å². The summed E-state index contributed by atoms with van der Waals surface area (Å²) in [4.78, 5) is 17.9. The number of amides is 1. The smallest absolute Gasteiger partial charge is 0.252 e. The number of para-hydroxylation sites is 1. The zero-order valence-electron chi connectivity index (χ0n) is 20.6. The van der Waals surface area contributed by atoms with Crippen LogP contribution in [-0.2, 0) is 13.0 Å². The summed E-state index contributed by atoms with van der Waals surface area (Å²) in [6.45, 7) is 8.09. The Kier molecular flexibility index (Phi) is 6.40. The van der Waals surface area contributed by atoms with Crippen molar-refractivity contribution in [3.05, 3.63) is 59.5 Å². The molecule has 0 bridgehead atoms. The minimum Gasteiger partial charge on any atom is -0.352 e. The Morgan fingerprint density at radius 3 is 2.76 bits per heavy atom. The molecule has 0 unspecified atom stereocenters. The van der Waals surface area contributed by atoms with E-state index in [1.54, 1.807) is 0 Å². The van der Waals surface area contributed by atoms with Crippen molar-refractivity contribution in [2.75, 3.05) is 6.54 Å². The van der Waals surface area contributed by atoms with Crippen molar-refractivity contribution in [1.29, 1.82) is 0 Å². The van der Waals surface area contributed by atoms with Crippen LogP contribution in [0.4, 0.5) is 0 Å². The van der Waals surface area contributed by atoms with Crippen molar-refractivity contribution in [2.45, 2.75) is 71.9 Å². The van der Waals surface area contributed by atoms with Gasteiger partial charge in [-0.25, -0.2) is 9.67 Å². The first-order chi connectivity index (χ1) is 16.5. The van der Waals surface area contributed by atoms with Crippen LogP contribution in [0.5, 0.6) is 0 Å². The van der Waals surface area contributed by atoms with Gasteiger partial charge in [0.1, 0.15) is 0 Å². The molecule has 1 N–H and O–H groups in total. The quantitative estimate of drug-likeness (QED) is 0.362. The van der Waals surface area contributed by atoms with Crippen LogP contribution >= 0.6 is 0 Å².